The Bertz CT molecular complexity index is 963. The summed E-state index contributed by atoms with van der Waals surface area (Å²) in [4.78, 5) is 20.5. The third-order valence-corrected chi connectivity index (χ3v) is 6.39. The maximum absolute atomic E-state index is 12.1. The van der Waals surface area contributed by atoms with Gasteiger partial charge in [-0.15, -0.1) is 0 Å². The Kier molecular flexibility index (Phi) is 5.94. The standard InChI is InChI=1S/C19H25N3O4S/c1-3-27(24,25)13-15-11-17(14-9-10-18(23)22(2)12-14)21-19(20-15)26-16-7-5-4-6-8-16/h9-12,16H,3-8,13H2,1-2H3. The van der Waals surface area contributed by atoms with Crippen LogP contribution in [0.2, 0.25) is 0 Å². The lowest BCUT2D eigenvalue weighted by Gasteiger charge is -2.22. The lowest BCUT2D eigenvalue weighted by molar-refractivity contribution is 0.141. The van der Waals surface area contributed by atoms with Crippen LogP contribution in [0.1, 0.15) is 44.7 Å². The van der Waals surface area contributed by atoms with Crippen molar-refractivity contribution < 1.29 is 13.2 Å². The molecule has 0 amide bonds. The molecule has 0 spiro atoms. The zero-order chi connectivity index (χ0) is 19.4. The Hall–Kier alpha value is -2.22. The Morgan fingerprint density at radius 3 is 2.59 bits per heavy atom. The summed E-state index contributed by atoms with van der Waals surface area (Å²) in [5.74, 6) is -0.114. The van der Waals surface area contributed by atoms with Gasteiger partial charge in [0.05, 0.1) is 17.1 Å². The molecule has 27 heavy (non-hydrogen) atoms. The molecule has 0 unspecified atom stereocenters. The zero-order valence-electron chi connectivity index (χ0n) is 15.7. The summed E-state index contributed by atoms with van der Waals surface area (Å²) in [5.41, 5.74) is 1.54. The minimum Gasteiger partial charge on any atom is -0.460 e. The molecule has 0 saturated heterocycles. The van der Waals surface area contributed by atoms with Crippen LogP contribution in [0.4, 0.5) is 0 Å². The molecule has 2 heterocycles. The summed E-state index contributed by atoms with van der Waals surface area (Å²) in [7, 11) is -1.58. The second kappa shape index (κ2) is 8.21. The normalized spacial score (nSPS) is 15.6. The number of aryl methyl sites for hydroxylation is 1. The van der Waals surface area contributed by atoms with Gasteiger partial charge in [0.2, 0.25) is 5.56 Å². The summed E-state index contributed by atoms with van der Waals surface area (Å²) in [6.07, 6.45) is 7.08. The van der Waals surface area contributed by atoms with Crippen molar-refractivity contribution in [1.29, 1.82) is 0 Å². The Morgan fingerprint density at radius 2 is 1.93 bits per heavy atom. The second-order valence-corrected chi connectivity index (χ2v) is 9.30. The molecule has 0 atom stereocenters. The van der Waals surface area contributed by atoms with Gasteiger partial charge in [-0.05, 0) is 37.8 Å². The van der Waals surface area contributed by atoms with E-state index in [9.17, 15) is 13.2 Å². The highest BCUT2D eigenvalue weighted by molar-refractivity contribution is 7.90. The third kappa shape index (κ3) is 5.15. The second-order valence-electron chi connectivity index (χ2n) is 6.95. The van der Waals surface area contributed by atoms with Gasteiger partial charge in [-0.3, -0.25) is 4.79 Å². The van der Waals surface area contributed by atoms with E-state index < -0.39 is 9.84 Å². The minimum atomic E-state index is -3.24. The first-order valence-electron chi connectivity index (χ1n) is 9.28. The molecule has 146 valence electrons. The number of rotatable bonds is 6. The van der Waals surface area contributed by atoms with Crippen molar-refractivity contribution in [1.82, 2.24) is 14.5 Å². The van der Waals surface area contributed by atoms with E-state index in [0.29, 0.717) is 17.0 Å². The highest BCUT2D eigenvalue weighted by Gasteiger charge is 2.19. The maximum atomic E-state index is 12.1. The lowest BCUT2D eigenvalue weighted by atomic mass is 9.98. The van der Waals surface area contributed by atoms with Gasteiger partial charge in [-0.25, -0.2) is 8.42 Å². The molecule has 1 fully saturated rings. The summed E-state index contributed by atoms with van der Waals surface area (Å²) in [5, 5.41) is 0. The lowest BCUT2D eigenvalue weighted by Crippen LogP contribution is -2.21. The molecule has 1 aliphatic carbocycles. The van der Waals surface area contributed by atoms with Gasteiger partial charge in [0, 0.05) is 30.6 Å². The van der Waals surface area contributed by atoms with Crippen LogP contribution in [-0.2, 0) is 22.6 Å². The fourth-order valence-electron chi connectivity index (χ4n) is 3.15. The maximum Gasteiger partial charge on any atom is 0.317 e. The first-order chi connectivity index (χ1) is 12.9. The van der Waals surface area contributed by atoms with Crippen LogP contribution in [0.15, 0.2) is 29.2 Å². The molecular weight excluding hydrogens is 366 g/mol. The smallest absolute Gasteiger partial charge is 0.317 e. The van der Waals surface area contributed by atoms with E-state index in [1.165, 1.54) is 17.1 Å². The van der Waals surface area contributed by atoms with Gasteiger partial charge in [0.15, 0.2) is 9.84 Å². The van der Waals surface area contributed by atoms with Crippen LogP contribution in [0, 0.1) is 0 Å². The molecule has 2 aromatic heterocycles. The predicted octanol–water partition coefficient (Wildman–Crippen LogP) is 2.49. The quantitative estimate of drug-likeness (QED) is 0.751. The number of nitrogens with zero attached hydrogens (tertiary/aromatic N) is 3. The van der Waals surface area contributed by atoms with Crippen LogP contribution >= 0.6 is 0 Å². The van der Waals surface area contributed by atoms with Gasteiger partial charge >= 0.3 is 6.01 Å². The van der Waals surface area contributed by atoms with Crippen molar-refractivity contribution in [2.75, 3.05) is 5.75 Å². The van der Waals surface area contributed by atoms with Crippen LogP contribution in [-0.4, -0.2) is 34.8 Å². The van der Waals surface area contributed by atoms with Crippen molar-refractivity contribution in [3.63, 3.8) is 0 Å². The average Bonchev–Trinajstić information content (AvgIpc) is 2.64. The number of aromatic nitrogens is 3. The molecule has 0 bridgehead atoms. The topological polar surface area (TPSA) is 91.2 Å². The number of ether oxygens (including phenoxy) is 1. The fraction of sp³-hybridized carbons (Fsp3) is 0.526. The van der Waals surface area contributed by atoms with Crippen LogP contribution < -0.4 is 10.3 Å². The van der Waals surface area contributed by atoms with Crippen molar-refractivity contribution >= 4 is 9.84 Å². The van der Waals surface area contributed by atoms with Gasteiger partial charge in [0.1, 0.15) is 6.10 Å². The Balaban J connectivity index is 1.98. The van der Waals surface area contributed by atoms with E-state index in [0.717, 1.165) is 25.7 Å². The van der Waals surface area contributed by atoms with Crippen molar-refractivity contribution in [3.05, 3.63) is 40.4 Å². The minimum absolute atomic E-state index is 0.0466. The summed E-state index contributed by atoms with van der Waals surface area (Å²) in [6.45, 7) is 1.61. The first kappa shape index (κ1) is 19.5. The van der Waals surface area contributed by atoms with Gasteiger partial charge < -0.3 is 9.30 Å². The molecule has 0 radical (unpaired) electrons. The van der Waals surface area contributed by atoms with E-state index in [-0.39, 0.29) is 29.2 Å². The van der Waals surface area contributed by atoms with E-state index in [2.05, 4.69) is 9.97 Å². The van der Waals surface area contributed by atoms with E-state index >= 15 is 0 Å². The molecule has 0 aromatic carbocycles. The molecule has 2 aromatic rings. The monoisotopic (exact) mass is 391 g/mol. The zero-order valence-corrected chi connectivity index (χ0v) is 16.5. The summed E-state index contributed by atoms with van der Waals surface area (Å²) < 4.78 is 31.6. The fourth-order valence-corrected chi connectivity index (χ4v) is 3.96. The largest absolute Gasteiger partial charge is 0.460 e. The summed E-state index contributed by atoms with van der Waals surface area (Å²) in [6, 6.07) is 4.99. The van der Waals surface area contributed by atoms with Crippen molar-refractivity contribution in [3.8, 4) is 17.3 Å². The Morgan fingerprint density at radius 1 is 1.19 bits per heavy atom. The number of sulfone groups is 1. The molecule has 1 saturated carbocycles. The molecule has 3 rings (SSSR count). The van der Waals surface area contributed by atoms with E-state index in [4.69, 9.17) is 4.74 Å². The van der Waals surface area contributed by atoms with Crippen molar-refractivity contribution in [2.45, 2.75) is 50.9 Å². The Labute approximate surface area is 159 Å². The van der Waals surface area contributed by atoms with Gasteiger partial charge in [-0.2, -0.15) is 9.97 Å². The number of hydrogen-bond acceptors (Lipinski definition) is 6. The van der Waals surface area contributed by atoms with Crippen LogP contribution in [0.5, 0.6) is 6.01 Å². The number of pyridine rings is 1. The SMILES string of the molecule is CCS(=O)(=O)Cc1cc(-c2ccc(=O)n(C)c2)nc(OC2CCCCC2)n1. The van der Waals surface area contributed by atoms with Crippen LogP contribution in [0.3, 0.4) is 0 Å². The van der Waals surface area contributed by atoms with Gasteiger partial charge in [0.25, 0.3) is 0 Å². The first-order valence-corrected chi connectivity index (χ1v) is 11.1. The molecule has 1 aliphatic rings. The van der Waals surface area contributed by atoms with E-state index in [1.807, 2.05) is 0 Å². The molecule has 0 aliphatic heterocycles. The molecule has 7 nitrogen and oxygen atoms in total. The van der Waals surface area contributed by atoms with Crippen molar-refractivity contribution in [2.24, 2.45) is 7.05 Å². The average molecular weight is 391 g/mol. The number of hydrogen-bond donors (Lipinski definition) is 0. The highest BCUT2D eigenvalue weighted by atomic mass is 32.2. The van der Waals surface area contributed by atoms with E-state index in [1.54, 1.807) is 32.3 Å². The molecule has 8 heteroatoms. The predicted molar refractivity (Wildman–Crippen MR) is 103 cm³/mol. The summed E-state index contributed by atoms with van der Waals surface area (Å²) >= 11 is 0. The molecular formula is C19H25N3O4S. The molecule has 0 N–H and O–H groups in total. The highest BCUT2D eigenvalue weighted by Crippen LogP contribution is 2.25. The van der Waals surface area contributed by atoms with Gasteiger partial charge in [-0.1, -0.05) is 13.3 Å². The third-order valence-electron chi connectivity index (χ3n) is 4.77. The van der Waals surface area contributed by atoms with Crippen LogP contribution in [0.25, 0.3) is 11.3 Å².